The van der Waals surface area contributed by atoms with Gasteiger partial charge in [0.1, 0.15) is 12.0 Å². The Kier molecular flexibility index (Phi) is 3.39. The van der Waals surface area contributed by atoms with E-state index in [0.717, 1.165) is 19.6 Å². The summed E-state index contributed by atoms with van der Waals surface area (Å²) in [5, 5.41) is 11.7. The Morgan fingerprint density at radius 2 is 2.05 bits per heavy atom. The molecule has 1 unspecified atom stereocenters. The fourth-order valence-electron chi connectivity index (χ4n) is 2.31. The van der Waals surface area contributed by atoms with Gasteiger partial charge in [0.25, 0.3) is 0 Å². The van der Waals surface area contributed by atoms with E-state index in [-0.39, 0.29) is 18.0 Å². The molecule has 2 aromatic carbocycles. The first-order valence-electron chi connectivity index (χ1n) is 6.08. The summed E-state index contributed by atoms with van der Waals surface area (Å²) >= 11 is 3.35. The smallest absolute Gasteiger partial charge is 0.302 e. The molecule has 1 fully saturated rings. The predicted octanol–water partition coefficient (Wildman–Crippen LogP) is 1.53. The van der Waals surface area contributed by atoms with Crippen molar-refractivity contribution < 1.29 is 18.3 Å². The van der Waals surface area contributed by atoms with Crippen LogP contribution in [0.2, 0.25) is 0 Å². The molecule has 1 atom stereocenters. The average Bonchev–Trinajstić information content (AvgIpc) is 2.73. The van der Waals surface area contributed by atoms with Crippen molar-refractivity contribution in [3.8, 4) is 5.75 Å². The number of hydrogen-bond acceptors (Lipinski definition) is 4. The summed E-state index contributed by atoms with van der Waals surface area (Å²) in [5.41, 5.74) is 0.150. The Bertz CT molecular complexity index is 837. The van der Waals surface area contributed by atoms with E-state index >= 15 is 0 Å². The topological polar surface area (TPSA) is 86.7 Å². The molecule has 110 valence electrons. The molecule has 2 aromatic rings. The Hall–Kier alpha value is -1.64. The highest BCUT2D eigenvalue weighted by Gasteiger charge is 2.36. The van der Waals surface area contributed by atoms with Crippen LogP contribution in [-0.2, 0) is 15.0 Å². The van der Waals surface area contributed by atoms with Crippen LogP contribution >= 0.6 is 15.9 Å². The molecule has 6 nitrogen and oxygen atoms in total. The molecule has 8 heteroatoms. The van der Waals surface area contributed by atoms with E-state index in [1.807, 2.05) is 18.2 Å². The third kappa shape index (κ3) is 2.50. The summed E-state index contributed by atoms with van der Waals surface area (Å²) in [6.07, 6.45) is 0.534. The van der Waals surface area contributed by atoms with Crippen LogP contribution in [0.15, 0.2) is 34.8 Å². The van der Waals surface area contributed by atoms with Crippen molar-refractivity contribution in [1.29, 1.82) is 0 Å². The van der Waals surface area contributed by atoms with E-state index < -0.39 is 16.3 Å². The second-order valence-electron chi connectivity index (χ2n) is 4.73. The number of fused-ring (bicyclic) bond motifs is 1. The first-order valence-corrected chi connectivity index (χ1v) is 8.31. The highest BCUT2D eigenvalue weighted by Crippen LogP contribution is 2.35. The van der Waals surface area contributed by atoms with Crippen molar-refractivity contribution in [3.05, 3.63) is 34.8 Å². The molecule has 0 saturated carbocycles. The van der Waals surface area contributed by atoms with Crippen molar-refractivity contribution in [3.63, 3.8) is 0 Å². The number of hydrogen-bond donors (Lipinski definition) is 2. The summed E-state index contributed by atoms with van der Waals surface area (Å²) < 4.78 is 28.1. The van der Waals surface area contributed by atoms with Crippen molar-refractivity contribution >= 4 is 48.9 Å². The number of aromatic hydroxyl groups is 1. The second-order valence-corrected chi connectivity index (χ2v) is 7.27. The molecule has 0 radical (unpaired) electrons. The zero-order valence-corrected chi connectivity index (χ0v) is 13.1. The average molecular weight is 371 g/mol. The van der Waals surface area contributed by atoms with E-state index in [2.05, 4.69) is 20.7 Å². The summed E-state index contributed by atoms with van der Waals surface area (Å²) in [6, 6.07) is 7.74. The van der Waals surface area contributed by atoms with Crippen LogP contribution in [-0.4, -0.2) is 32.4 Å². The van der Waals surface area contributed by atoms with Gasteiger partial charge in [-0.2, -0.15) is 13.1 Å². The molecule has 21 heavy (non-hydrogen) atoms. The summed E-state index contributed by atoms with van der Waals surface area (Å²) in [6.45, 7) is -0.0428. The first-order chi connectivity index (χ1) is 9.90. The van der Waals surface area contributed by atoms with Crippen LogP contribution in [0.1, 0.15) is 0 Å². The molecule has 1 saturated heterocycles. The minimum atomic E-state index is -3.82. The fraction of sp³-hybridized carbons (Fsp3) is 0.154. The van der Waals surface area contributed by atoms with Gasteiger partial charge in [-0.25, -0.2) is 0 Å². The predicted molar refractivity (Wildman–Crippen MR) is 82.6 cm³/mol. The molecule has 2 N–H and O–H groups in total. The van der Waals surface area contributed by atoms with E-state index in [4.69, 9.17) is 0 Å². The number of halogens is 1. The zero-order valence-electron chi connectivity index (χ0n) is 10.7. The zero-order chi connectivity index (χ0) is 15.2. The van der Waals surface area contributed by atoms with Crippen molar-refractivity contribution in [2.75, 3.05) is 10.8 Å². The molecule has 0 amide bonds. The van der Waals surface area contributed by atoms with Crippen LogP contribution in [0, 0.1) is 0 Å². The normalized spacial score (nSPS) is 20.8. The minimum absolute atomic E-state index is 0.0428. The highest BCUT2D eigenvalue weighted by molar-refractivity contribution is 9.10. The largest absolute Gasteiger partial charge is 0.506 e. The van der Waals surface area contributed by atoms with Gasteiger partial charge < -0.3 is 9.90 Å². The third-order valence-electron chi connectivity index (χ3n) is 3.28. The second kappa shape index (κ2) is 4.97. The lowest BCUT2D eigenvalue weighted by atomic mass is 10.1. The molecule has 0 bridgehead atoms. The minimum Gasteiger partial charge on any atom is -0.506 e. The van der Waals surface area contributed by atoms with Gasteiger partial charge in [-0.15, -0.1) is 0 Å². The third-order valence-corrected chi connectivity index (χ3v) is 5.30. The molecular weight excluding hydrogens is 360 g/mol. The Balaban J connectivity index is 2.16. The molecule has 0 spiro atoms. The summed E-state index contributed by atoms with van der Waals surface area (Å²) in [4.78, 5) is 10.8. The van der Waals surface area contributed by atoms with Gasteiger partial charge in [0, 0.05) is 4.47 Å². The molecule has 1 aliphatic heterocycles. The molecular formula is C13H11BrN2O4S. The Morgan fingerprint density at radius 3 is 2.71 bits per heavy atom. The van der Waals surface area contributed by atoms with E-state index in [0.29, 0.717) is 6.29 Å². The molecule has 1 heterocycles. The van der Waals surface area contributed by atoms with Gasteiger partial charge in [0.2, 0.25) is 0 Å². The molecule has 3 rings (SSSR count). The van der Waals surface area contributed by atoms with Gasteiger partial charge in [-0.3, -0.25) is 4.31 Å². The van der Waals surface area contributed by atoms with Crippen LogP contribution in [0.25, 0.3) is 10.8 Å². The monoisotopic (exact) mass is 370 g/mol. The van der Waals surface area contributed by atoms with Crippen LogP contribution in [0.3, 0.4) is 0 Å². The summed E-state index contributed by atoms with van der Waals surface area (Å²) in [7, 11) is -3.82. The maximum absolute atomic E-state index is 12.0. The number of phenolic OH excluding ortho intramolecular Hbond substituents is 1. The number of nitrogens with one attached hydrogen (secondary N) is 1. The fourth-order valence-corrected chi connectivity index (χ4v) is 4.09. The quantitative estimate of drug-likeness (QED) is 0.784. The number of benzene rings is 2. The summed E-state index contributed by atoms with van der Waals surface area (Å²) in [5.74, 6) is -0.151. The van der Waals surface area contributed by atoms with Gasteiger partial charge in [0.05, 0.1) is 18.3 Å². The number of carbonyl (C=O) groups is 1. The number of aldehydes is 1. The number of nitrogens with zero attached hydrogens (tertiary/aromatic N) is 1. The van der Waals surface area contributed by atoms with Crippen LogP contribution in [0.5, 0.6) is 5.75 Å². The standard InChI is InChI=1S/C13H11BrN2O4S/c14-10-2-1-8-5-13(18)12(4-9(8)3-10)16-6-11(7-17)15-21(16,19)20/h1-5,7,11,15,18H,6H2. The van der Waals surface area contributed by atoms with Gasteiger partial charge in [-0.05, 0) is 35.0 Å². The van der Waals surface area contributed by atoms with E-state index in [9.17, 15) is 18.3 Å². The maximum Gasteiger partial charge on any atom is 0.302 e. The molecule has 0 aliphatic carbocycles. The lowest BCUT2D eigenvalue weighted by Crippen LogP contribution is -2.30. The Morgan fingerprint density at radius 1 is 1.29 bits per heavy atom. The number of anilines is 1. The van der Waals surface area contributed by atoms with Crippen LogP contribution in [0.4, 0.5) is 5.69 Å². The highest BCUT2D eigenvalue weighted by atomic mass is 79.9. The molecule has 0 aromatic heterocycles. The SMILES string of the molecule is O=CC1CN(c2cc3cc(Br)ccc3cc2O)S(=O)(=O)N1. The van der Waals surface area contributed by atoms with E-state index in [1.54, 1.807) is 6.07 Å². The van der Waals surface area contributed by atoms with Gasteiger partial charge in [-0.1, -0.05) is 22.0 Å². The van der Waals surface area contributed by atoms with Gasteiger partial charge >= 0.3 is 10.2 Å². The van der Waals surface area contributed by atoms with Crippen LogP contribution < -0.4 is 9.03 Å². The number of carbonyl (C=O) groups excluding carboxylic acids is 1. The number of phenols is 1. The van der Waals surface area contributed by atoms with Gasteiger partial charge in [0.15, 0.2) is 0 Å². The maximum atomic E-state index is 12.0. The van der Waals surface area contributed by atoms with E-state index in [1.165, 1.54) is 6.07 Å². The lowest BCUT2D eigenvalue weighted by molar-refractivity contribution is -0.108. The van der Waals surface area contributed by atoms with Crippen molar-refractivity contribution in [2.45, 2.75) is 6.04 Å². The molecule has 1 aliphatic rings. The van der Waals surface area contributed by atoms with Crippen molar-refractivity contribution in [1.82, 2.24) is 4.72 Å². The Labute approximate surface area is 129 Å². The number of rotatable bonds is 2. The first kappa shape index (κ1) is 14.3. The lowest BCUT2D eigenvalue weighted by Gasteiger charge is -2.18. The van der Waals surface area contributed by atoms with Crippen molar-refractivity contribution in [2.24, 2.45) is 0 Å².